The molecule has 11 heteroatoms. The number of hydrogen-bond acceptors (Lipinski definition) is 4. The molecule has 0 radical (unpaired) electrons. The zero-order valence-electron chi connectivity index (χ0n) is 15.8. The van der Waals surface area contributed by atoms with Gasteiger partial charge in [0.1, 0.15) is 0 Å². The number of benzene rings is 1. The fourth-order valence-electron chi connectivity index (χ4n) is 3.38. The summed E-state index contributed by atoms with van der Waals surface area (Å²) in [5.41, 5.74) is 0.533. The van der Waals surface area contributed by atoms with Crippen molar-refractivity contribution < 1.29 is 17.9 Å². The number of ether oxygens (including phenoxy) is 1. The second-order valence-electron chi connectivity index (χ2n) is 7.03. The van der Waals surface area contributed by atoms with Gasteiger partial charge in [-0.3, -0.25) is 0 Å². The van der Waals surface area contributed by atoms with Crippen LogP contribution in [0.5, 0.6) is 0 Å². The molecule has 2 aliphatic heterocycles. The number of piperazine rings is 1. The lowest BCUT2D eigenvalue weighted by atomic mass is 10.3. The van der Waals surface area contributed by atoms with Crippen molar-refractivity contribution in [2.75, 3.05) is 44.6 Å². The molecule has 28 heavy (non-hydrogen) atoms. The maximum absolute atomic E-state index is 12.9. The number of nitrogens with zero attached hydrogens (tertiary/aromatic N) is 3. The van der Waals surface area contributed by atoms with Gasteiger partial charge in [-0.15, -0.1) is 0 Å². The standard InChI is InChI=1S/C17H24Cl2N4O4S/c1-12-10-23(11-13(2)27-12)28(25,26)22-7-5-21(6-8-22)17(24)20-14-3-4-15(18)16(19)9-14/h3-4,9,12-13H,5-8,10-11H2,1-2H3,(H,20,24). The van der Waals surface area contributed by atoms with Crippen molar-refractivity contribution in [3.63, 3.8) is 0 Å². The van der Waals surface area contributed by atoms with Crippen LogP contribution in [0.4, 0.5) is 10.5 Å². The first-order valence-electron chi connectivity index (χ1n) is 9.08. The van der Waals surface area contributed by atoms with Crippen LogP contribution in [0.15, 0.2) is 18.2 Å². The number of hydrogen-bond donors (Lipinski definition) is 1. The Hall–Kier alpha value is -1.10. The Labute approximate surface area is 175 Å². The topological polar surface area (TPSA) is 82.2 Å². The van der Waals surface area contributed by atoms with Gasteiger partial charge >= 0.3 is 6.03 Å². The number of amides is 2. The summed E-state index contributed by atoms with van der Waals surface area (Å²) >= 11 is 11.8. The summed E-state index contributed by atoms with van der Waals surface area (Å²) in [7, 11) is -3.57. The lowest BCUT2D eigenvalue weighted by Crippen LogP contribution is -2.58. The van der Waals surface area contributed by atoms with E-state index in [0.29, 0.717) is 41.9 Å². The zero-order valence-corrected chi connectivity index (χ0v) is 18.1. The van der Waals surface area contributed by atoms with Crippen LogP contribution in [0.2, 0.25) is 10.0 Å². The quantitative estimate of drug-likeness (QED) is 0.766. The molecule has 1 aromatic rings. The molecule has 0 saturated carbocycles. The molecule has 0 spiro atoms. The van der Waals surface area contributed by atoms with Gasteiger partial charge in [0.05, 0.1) is 22.3 Å². The van der Waals surface area contributed by atoms with Gasteiger partial charge in [0.25, 0.3) is 10.2 Å². The van der Waals surface area contributed by atoms with Crippen LogP contribution < -0.4 is 5.32 Å². The Morgan fingerprint density at radius 2 is 1.64 bits per heavy atom. The van der Waals surface area contributed by atoms with Gasteiger partial charge in [0.15, 0.2) is 0 Å². The largest absolute Gasteiger partial charge is 0.373 e. The molecule has 2 fully saturated rings. The van der Waals surface area contributed by atoms with E-state index in [0.717, 1.165) is 0 Å². The summed E-state index contributed by atoms with van der Waals surface area (Å²) in [6.07, 6.45) is -0.284. The monoisotopic (exact) mass is 450 g/mol. The first kappa shape index (κ1) is 21.6. The summed E-state index contributed by atoms with van der Waals surface area (Å²) in [4.78, 5) is 14.0. The van der Waals surface area contributed by atoms with Crippen molar-refractivity contribution in [2.45, 2.75) is 26.1 Å². The van der Waals surface area contributed by atoms with E-state index in [4.69, 9.17) is 27.9 Å². The van der Waals surface area contributed by atoms with Crippen molar-refractivity contribution in [3.8, 4) is 0 Å². The van der Waals surface area contributed by atoms with Crippen LogP contribution in [0.3, 0.4) is 0 Å². The first-order valence-corrected chi connectivity index (χ1v) is 11.2. The molecule has 156 valence electrons. The zero-order chi connectivity index (χ0) is 20.5. The average molecular weight is 451 g/mol. The molecule has 3 rings (SSSR count). The molecule has 2 amide bonds. The van der Waals surface area contributed by atoms with Gasteiger partial charge in [0, 0.05) is 45.0 Å². The van der Waals surface area contributed by atoms with Crippen LogP contribution in [0.1, 0.15) is 13.8 Å². The van der Waals surface area contributed by atoms with Gasteiger partial charge in [-0.2, -0.15) is 17.0 Å². The highest BCUT2D eigenvalue weighted by Gasteiger charge is 2.37. The number of nitrogens with one attached hydrogen (secondary N) is 1. The Morgan fingerprint density at radius 1 is 1.04 bits per heavy atom. The van der Waals surface area contributed by atoms with Gasteiger partial charge in [-0.05, 0) is 32.0 Å². The number of carbonyl (C=O) groups is 1. The number of morpholine rings is 1. The number of urea groups is 1. The summed E-state index contributed by atoms with van der Waals surface area (Å²) in [5, 5.41) is 3.52. The molecule has 2 heterocycles. The molecule has 0 aromatic heterocycles. The molecule has 2 saturated heterocycles. The van der Waals surface area contributed by atoms with Crippen LogP contribution in [-0.4, -0.2) is 79.4 Å². The second-order valence-corrected chi connectivity index (χ2v) is 9.77. The van der Waals surface area contributed by atoms with E-state index >= 15 is 0 Å². The van der Waals surface area contributed by atoms with E-state index in [1.807, 2.05) is 13.8 Å². The molecule has 2 unspecified atom stereocenters. The number of anilines is 1. The molecule has 1 N–H and O–H groups in total. The number of carbonyl (C=O) groups excluding carboxylic acids is 1. The molecular formula is C17H24Cl2N4O4S. The maximum Gasteiger partial charge on any atom is 0.321 e. The minimum atomic E-state index is -3.57. The van der Waals surface area contributed by atoms with Crippen molar-refractivity contribution in [1.29, 1.82) is 0 Å². The lowest BCUT2D eigenvalue weighted by molar-refractivity contribution is -0.0456. The number of rotatable bonds is 3. The third-order valence-electron chi connectivity index (χ3n) is 4.74. The third-order valence-corrected chi connectivity index (χ3v) is 7.44. The summed E-state index contributed by atoms with van der Waals surface area (Å²) in [5.74, 6) is 0. The molecule has 1 aromatic carbocycles. The van der Waals surface area contributed by atoms with Crippen LogP contribution in [0.25, 0.3) is 0 Å². The Bertz CT molecular complexity index is 820. The summed E-state index contributed by atoms with van der Waals surface area (Å²) < 4.78 is 34.4. The fraction of sp³-hybridized carbons (Fsp3) is 0.588. The second kappa shape index (κ2) is 8.73. The van der Waals surface area contributed by atoms with E-state index in [2.05, 4.69) is 5.32 Å². The van der Waals surface area contributed by atoms with Crippen LogP contribution in [0, 0.1) is 0 Å². The third kappa shape index (κ3) is 4.90. The Morgan fingerprint density at radius 3 is 2.21 bits per heavy atom. The first-order chi connectivity index (χ1) is 13.2. The SMILES string of the molecule is CC1CN(S(=O)(=O)N2CCN(C(=O)Nc3ccc(Cl)c(Cl)c3)CC2)CC(C)O1. The summed E-state index contributed by atoms with van der Waals surface area (Å²) in [6.45, 7) is 5.51. The Kier molecular flexibility index (Phi) is 6.73. The molecule has 8 nitrogen and oxygen atoms in total. The molecule has 0 bridgehead atoms. The molecule has 2 aliphatic rings. The smallest absolute Gasteiger partial charge is 0.321 e. The highest BCUT2D eigenvalue weighted by molar-refractivity contribution is 7.86. The van der Waals surface area contributed by atoms with E-state index in [-0.39, 0.29) is 31.3 Å². The maximum atomic E-state index is 12.9. The van der Waals surface area contributed by atoms with Gasteiger partial charge < -0.3 is 15.0 Å². The highest BCUT2D eigenvalue weighted by atomic mass is 35.5. The average Bonchev–Trinajstić information content (AvgIpc) is 2.64. The highest BCUT2D eigenvalue weighted by Crippen LogP contribution is 2.25. The minimum Gasteiger partial charge on any atom is -0.373 e. The normalized spacial score (nSPS) is 24.9. The Balaban J connectivity index is 1.57. The minimum absolute atomic E-state index is 0.142. The number of halogens is 2. The van der Waals surface area contributed by atoms with Gasteiger partial charge in [-0.25, -0.2) is 4.79 Å². The molecule has 2 atom stereocenters. The van der Waals surface area contributed by atoms with E-state index < -0.39 is 10.2 Å². The fourth-order valence-corrected chi connectivity index (χ4v) is 5.43. The van der Waals surface area contributed by atoms with Crippen molar-refractivity contribution in [2.24, 2.45) is 0 Å². The van der Waals surface area contributed by atoms with E-state index in [1.54, 1.807) is 23.1 Å². The van der Waals surface area contributed by atoms with Crippen molar-refractivity contribution in [1.82, 2.24) is 13.5 Å². The van der Waals surface area contributed by atoms with Crippen molar-refractivity contribution >= 4 is 45.1 Å². The van der Waals surface area contributed by atoms with E-state index in [1.165, 1.54) is 8.61 Å². The van der Waals surface area contributed by atoms with E-state index in [9.17, 15) is 13.2 Å². The van der Waals surface area contributed by atoms with Crippen LogP contribution >= 0.6 is 23.2 Å². The predicted octanol–water partition coefficient (Wildman–Crippen LogP) is 2.50. The molecular weight excluding hydrogens is 427 g/mol. The van der Waals surface area contributed by atoms with Crippen LogP contribution in [-0.2, 0) is 14.9 Å². The summed E-state index contributed by atoms with van der Waals surface area (Å²) in [6, 6.07) is 4.54. The van der Waals surface area contributed by atoms with Crippen molar-refractivity contribution in [3.05, 3.63) is 28.2 Å². The van der Waals surface area contributed by atoms with Gasteiger partial charge in [0.2, 0.25) is 0 Å². The van der Waals surface area contributed by atoms with Gasteiger partial charge in [-0.1, -0.05) is 23.2 Å². The molecule has 0 aliphatic carbocycles. The lowest BCUT2D eigenvalue weighted by Gasteiger charge is -2.40. The predicted molar refractivity (Wildman–Crippen MR) is 109 cm³/mol.